The van der Waals surface area contributed by atoms with E-state index >= 15 is 4.39 Å². The van der Waals surface area contributed by atoms with Gasteiger partial charge in [-0.15, -0.1) is 0 Å². The molecular formula is C57H75FN8O7. The molecule has 1 unspecified atom stereocenters. The fraction of sp³-hybridized carbons (Fsp3) is 0.544. The zero-order chi connectivity index (χ0) is 53.2. The molecule has 0 spiro atoms. The molecule has 2 fully saturated rings. The second-order valence-corrected chi connectivity index (χ2v) is 21.9. The molecule has 5 heterocycles. The molecular weight excluding hydrogens is 928 g/mol. The number of esters is 1. The number of fused-ring (bicyclic) bond motifs is 6. The number of aromatic nitrogens is 2. The van der Waals surface area contributed by atoms with Crippen molar-refractivity contribution >= 4 is 40.5 Å². The van der Waals surface area contributed by atoms with Crippen LogP contribution in [0.2, 0.25) is 0 Å². The number of ether oxygens (including phenoxy) is 2. The molecule has 15 nitrogen and oxygen atoms in total. The van der Waals surface area contributed by atoms with Crippen molar-refractivity contribution in [1.29, 1.82) is 0 Å². The van der Waals surface area contributed by atoms with Gasteiger partial charge >= 0.3 is 5.97 Å². The number of hydrogen-bond acceptors (Lipinski definition) is 10. The Kier molecular flexibility index (Phi) is 16.6. The number of alkyl halides is 1. The van der Waals surface area contributed by atoms with E-state index in [1.54, 1.807) is 27.2 Å². The van der Waals surface area contributed by atoms with Crippen molar-refractivity contribution in [3.63, 3.8) is 0 Å². The van der Waals surface area contributed by atoms with Crippen LogP contribution < -0.4 is 10.7 Å². The molecule has 4 amide bonds. The van der Waals surface area contributed by atoms with Crippen LogP contribution in [0.15, 0.2) is 60.8 Å². The highest BCUT2D eigenvalue weighted by Gasteiger charge is 2.47. The summed E-state index contributed by atoms with van der Waals surface area (Å²) in [4.78, 5) is 80.0. The molecule has 392 valence electrons. The fourth-order valence-corrected chi connectivity index (χ4v) is 10.3. The molecule has 0 aliphatic carbocycles. The van der Waals surface area contributed by atoms with Crippen LogP contribution in [0.25, 0.3) is 33.3 Å². The summed E-state index contributed by atoms with van der Waals surface area (Å²) in [6.45, 7) is 16.6. The molecule has 7 rings (SSSR count). The van der Waals surface area contributed by atoms with Gasteiger partial charge in [0.15, 0.2) is 5.67 Å². The number of benzene rings is 2. The van der Waals surface area contributed by atoms with Gasteiger partial charge in [-0.3, -0.25) is 38.9 Å². The number of nitrogens with zero attached hydrogens (tertiary/aromatic N) is 6. The zero-order valence-electron chi connectivity index (χ0n) is 44.9. The number of halogens is 1. The van der Waals surface area contributed by atoms with Gasteiger partial charge < -0.3 is 29.2 Å². The van der Waals surface area contributed by atoms with Gasteiger partial charge in [-0.05, 0) is 119 Å². The molecule has 4 atom stereocenters. The number of rotatable bonds is 10. The summed E-state index contributed by atoms with van der Waals surface area (Å²) in [5.41, 5.74) is 7.28. The Bertz CT molecular complexity index is 2780. The average molecular weight is 1000 g/mol. The molecule has 0 saturated carbocycles. The first-order valence-electron chi connectivity index (χ1n) is 25.7. The lowest BCUT2D eigenvalue weighted by molar-refractivity contribution is -0.156. The molecule has 3 aliphatic rings. The first kappa shape index (κ1) is 54.6. The minimum atomic E-state index is -2.34. The van der Waals surface area contributed by atoms with Gasteiger partial charge in [-0.2, -0.15) is 0 Å². The number of methoxy groups -OCH3 is 1. The molecule has 16 heteroatoms. The first-order chi connectivity index (χ1) is 34.5. The van der Waals surface area contributed by atoms with Crippen LogP contribution in [0.1, 0.15) is 104 Å². The second kappa shape index (κ2) is 22.1. The fourth-order valence-electron chi connectivity index (χ4n) is 10.3. The maximum atomic E-state index is 16.8. The number of likely N-dealkylation sites (tertiary alicyclic amines) is 1. The lowest BCUT2D eigenvalue weighted by Gasteiger charge is -2.40. The highest BCUT2D eigenvalue weighted by molar-refractivity contribution is 5.97. The topological polar surface area (TPSA) is 159 Å². The lowest BCUT2D eigenvalue weighted by Crippen LogP contribution is -2.63. The van der Waals surface area contributed by atoms with Crippen molar-refractivity contribution in [3.8, 4) is 34.2 Å². The van der Waals surface area contributed by atoms with Crippen molar-refractivity contribution in [3.05, 3.63) is 77.6 Å². The van der Waals surface area contributed by atoms with Gasteiger partial charge in [-0.1, -0.05) is 63.9 Å². The minimum absolute atomic E-state index is 0.0166. The van der Waals surface area contributed by atoms with E-state index in [0.717, 1.165) is 55.0 Å². The van der Waals surface area contributed by atoms with Gasteiger partial charge in [0.2, 0.25) is 5.91 Å². The Hall–Kier alpha value is -6.15. The van der Waals surface area contributed by atoms with Crippen molar-refractivity contribution in [2.75, 3.05) is 54.5 Å². The van der Waals surface area contributed by atoms with Gasteiger partial charge in [-0.25, -0.2) is 9.82 Å². The van der Waals surface area contributed by atoms with Crippen LogP contribution in [0.3, 0.4) is 0 Å². The Morgan fingerprint density at radius 3 is 2.40 bits per heavy atom. The normalized spacial score (nSPS) is 20.2. The maximum absolute atomic E-state index is 16.8. The van der Waals surface area contributed by atoms with Crippen molar-refractivity contribution in [2.24, 2.45) is 11.3 Å². The summed E-state index contributed by atoms with van der Waals surface area (Å²) in [6.07, 6.45) is 2.56. The molecule has 3 aliphatic heterocycles. The molecule has 2 N–H and O–H groups in total. The average Bonchev–Trinajstić information content (AvgIpc) is 3.67. The van der Waals surface area contributed by atoms with Gasteiger partial charge in [0.05, 0.1) is 29.6 Å². The summed E-state index contributed by atoms with van der Waals surface area (Å²) in [6, 6.07) is 15.2. The third-order valence-electron chi connectivity index (χ3n) is 15.1. The number of carbonyl (C=O) groups excluding carboxylic acids is 5. The van der Waals surface area contributed by atoms with Crippen molar-refractivity contribution in [1.82, 2.24) is 40.0 Å². The second-order valence-electron chi connectivity index (χ2n) is 21.9. The molecule has 0 radical (unpaired) electrons. The van der Waals surface area contributed by atoms with E-state index in [1.165, 1.54) is 17.0 Å². The van der Waals surface area contributed by atoms with Gasteiger partial charge in [0.1, 0.15) is 18.1 Å². The van der Waals surface area contributed by atoms with Gasteiger partial charge in [0, 0.05) is 87.7 Å². The number of carbonyl (C=O) groups is 5. The Labute approximate surface area is 430 Å². The Balaban J connectivity index is 1.22. The quantitative estimate of drug-likeness (QED) is 0.127. The van der Waals surface area contributed by atoms with Crippen LogP contribution in [-0.2, 0) is 52.8 Å². The number of hydrazine groups is 1. The molecule has 2 aromatic heterocycles. The predicted molar refractivity (Wildman–Crippen MR) is 280 cm³/mol. The van der Waals surface area contributed by atoms with E-state index in [0.29, 0.717) is 25.8 Å². The van der Waals surface area contributed by atoms with E-state index < -0.39 is 70.3 Å². The standard InChI is InChI=1S/C57H75FN8O7/c1-13-65-46-22-21-40-33-42(46)43(50(65)41-19-15-27-59-48(41)37(4)72-12)34-55(5,6)35-73-53(70)44-20-16-28-66(61-44)52(69)45(32-38-17-14-18-39(40)31-38)60-51(68)49(36(2)3)63(11)54(71)57(58)25-29-64(30-26-57)47(67)23-24-56(7,8)62(9)10/h14-15,17-19,21-22,27,31,33,36-37,44-45,49,61H,13,16,20,25-26,28-30,32,34-35H2,1-12H3,(H,60,68)/t37-,44-,45-,49?/m0/s1. The predicted octanol–water partition coefficient (Wildman–Crippen LogP) is 6.90. The number of amides is 4. The molecule has 4 aromatic rings. The van der Waals surface area contributed by atoms with Crippen LogP contribution in [0.5, 0.6) is 0 Å². The Morgan fingerprint density at radius 1 is 1.01 bits per heavy atom. The molecule has 2 aromatic carbocycles. The van der Waals surface area contributed by atoms with Crippen LogP contribution in [0.4, 0.5) is 4.39 Å². The smallest absolute Gasteiger partial charge is 0.324 e. The summed E-state index contributed by atoms with van der Waals surface area (Å²) in [7, 11) is 6.82. The molecule has 73 heavy (non-hydrogen) atoms. The van der Waals surface area contributed by atoms with Crippen molar-refractivity contribution in [2.45, 2.75) is 136 Å². The monoisotopic (exact) mass is 1000 g/mol. The number of aryl methyl sites for hydroxylation is 1. The Morgan fingerprint density at radius 2 is 1.73 bits per heavy atom. The number of cyclic esters (lactones) is 1. The van der Waals surface area contributed by atoms with Crippen molar-refractivity contribution < 1.29 is 37.8 Å². The van der Waals surface area contributed by atoms with E-state index in [9.17, 15) is 24.0 Å². The van der Waals surface area contributed by atoms with Crippen LogP contribution in [0, 0.1) is 23.2 Å². The van der Waals surface area contributed by atoms with Crippen LogP contribution in [-0.4, -0.2) is 143 Å². The summed E-state index contributed by atoms with van der Waals surface area (Å²) in [5.74, 6) is 2.29. The third-order valence-corrected chi connectivity index (χ3v) is 15.1. The lowest BCUT2D eigenvalue weighted by atomic mass is 9.84. The largest absolute Gasteiger partial charge is 0.464 e. The maximum Gasteiger partial charge on any atom is 0.324 e. The summed E-state index contributed by atoms with van der Waals surface area (Å²) >= 11 is 0. The minimum Gasteiger partial charge on any atom is -0.464 e. The summed E-state index contributed by atoms with van der Waals surface area (Å²) in [5, 5.41) is 5.43. The van der Waals surface area contributed by atoms with Crippen LogP contribution >= 0.6 is 0 Å². The first-order valence-corrected chi connectivity index (χ1v) is 25.7. The highest BCUT2D eigenvalue weighted by Crippen LogP contribution is 2.42. The number of pyridine rings is 1. The summed E-state index contributed by atoms with van der Waals surface area (Å²) < 4.78 is 31.1. The zero-order valence-corrected chi connectivity index (χ0v) is 44.9. The molecule has 6 bridgehead atoms. The van der Waals surface area contributed by atoms with E-state index in [1.807, 2.05) is 70.1 Å². The number of likely N-dealkylation sites (N-methyl/N-ethyl adjacent to an activating group) is 1. The van der Waals surface area contributed by atoms with E-state index in [2.05, 4.69) is 72.2 Å². The van der Waals surface area contributed by atoms with Gasteiger partial charge in [0.25, 0.3) is 17.7 Å². The number of hydrogen-bond donors (Lipinski definition) is 2. The SMILES string of the molecule is CCn1c(-c2cccnc2[C@H](C)OC)c2c3cc(ccc31)-c1cccc(c1)C[C@H](NC(=O)C(C(C)C)N(C)C(=O)C1(F)CCN(C(=O)C#CC(C)(C)N(C)C)CC1)C(=O)N1CCC[C@H](N1)C(=O)OCC(C)(C)C2. The number of piperidine rings is 1. The highest BCUT2D eigenvalue weighted by atomic mass is 19.1. The van der Waals surface area contributed by atoms with E-state index in [-0.39, 0.29) is 51.6 Å². The third kappa shape index (κ3) is 11.8. The van der Waals surface area contributed by atoms with E-state index in [4.69, 9.17) is 14.5 Å². The number of nitrogens with one attached hydrogen (secondary N) is 2. The molecule has 2 saturated heterocycles.